The smallest absolute Gasteiger partial charge is 0.0328 e. The van der Waals surface area contributed by atoms with Crippen molar-refractivity contribution in [1.29, 1.82) is 0 Å². The van der Waals surface area contributed by atoms with Crippen LogP contribution in [0.25, 0.3) is 0 Å². The highest BCUT2D eigenvalue weighted by atomic mass is 14.2. The summed E-state index contributed by atoms with van der Waals surface area (Å²) >= 11 is 0. The molecule has 0 heterocycles. The van der Waals surface area contributed by atoms with Gasteiger partial charge in [-0.15, -0.1) is 0 Å². The molecule has 0 aromatic heterocycles. The lowest BCUT2D eigenvalue weighted by Gasteiger charge is -2.26. The molecule has 78 valence electrons. The Balaban J connectivity index is 3.39. The van der Waals surface area contributed by atoms with Gasteiger partial charge >= 0.3 is 0 Å². The largest absolute Gasteiger partial charge is 0.0649 e. The molecule has 0 aromatic carbocycles. The van der Waals surface area contributed by atoms with Gasteiger partial charge < -0.3 is 0 Å². The Morgan fingerprint density at radius 2 is 1.62 bits per heavy atom. The molecule has 0 spiro atoms. The lowest BCUT2D eigenvalue weighted by Crippen LogP contribution is -2.13. The lowest BCUT2D eigenvalue weighted by atomic mass is 9.80. The van der Waals surface area contributed by atoms with E-state index in [9.17, 15) is 0 Å². The molecule has 0 aliphatic heterocycles. The molecule has 0 fully saturated rings. The van der Waals surface area contributed by atoms with E-state index in [1.165, 1.54) is 38.5 Å². The van der Waals surface area contributed by atoms with Crippen molar-refractivity contribution >= 4 is 0 Å². The normalized spacial score (nSPS) is 12.0. The van der Waals surface area contributed by atoms with Gasteiger partial charge in [0.1, 0.15) is 0 Å². The number of hydrogen-bond donors (Lipinski definition) is 0. The zero-order valence-corrected chi connectivity index (χ0v) is 9.57. The average molecular weight is 182 g/mol. The van der Waals surface area contributed by atoms with Crippen LogP contribution in [0.15, 0.2) is 0 Å². The van der Waals surface area contributed by atoms with Crippen molar-refractivity contribution in [2.24, 2.45) is 5.41 Å². The molecule has 0 aromatic rings. The van der Waals surface area contributed by atoms with Gasteiger partial charge in [-0.05, 0) is 18.3 Å². The maximum absolute atomic E-state index is 4.03. The predicted octanol–water partition coefficient (Wildman–Crippen LogP) is 4.80. The lowest BCUT2D eigenvalue weighted by molar-refractivity contribution is 0.275. The Morgan fingerprint density at radius 3 is 2.08 bits per heavy atom. The first-order valence-electron chi connectivity index (χ1n) is 5.77. The summed E-state index contributed by atoms with van der Waals surface area (Å²) < 4.78 is 0. The maximum Gasteiger partial charge on any atom is -0.0328 e. The van der Waals surface area contributed by atoms with Crippen LogP contribution in [0.4, 0.5) is 0 Å². The Hall–Kier alpha value is 0. The second kappa shape index (κ2) is 7.41. The minimum Gasteiger partial charge on any atom is -0.0649 e. The Bertz CT molecular complexity index is 101. The van der Waals surface area contributed by atoms with Crippen LogP contribution in [0.1, 0.15) is 65.2 Å². The van der Waals surface area contributed by atoms with E-state index in [1.807, 2.05) is 0 Å². The van der Waals surface area contributed by atoms with E-state index in [0.29, 0.717) is 5.41 Å². The van der Waals surface area contributed by atoms with Crippen molar-refractivity contribution in [2.45, 2.75) is 65.2 Å². The average Bonchev–Trinajstić information content (AvgIpc) is 2.17. The molecule has 0 saturated carbocycles. The Morgan fingerprint density at radius 1 is 1.00 bits per heavy atom. The maximum atomic E-state index is 4.03. The van der Waals surface area contributed by atoms with Gasteiger partial charge in [-0.2, -0.15) is 0 Å². The Labute approximate surface area is 85.1 Å². The fourth-order valence-corrected chi connectivity index (χ4v) is 1.56. The molecule has 0 aliphatic carbocycles. The minimum atomic E-state index is 0.504. The summed E-state index contributed by atoms with van der Waals surface area (Å²) in [5, 5.41) is 0. The van der Waals surface area contributed by atoms with Gasteiger partial charge in [0.15, 0.2) is 0 Å². The first-order chi connectivity index (χ1) is 6.18. The minimum absolute atomic E-state index is 0.504. The third-order valence-corrected chi connectivity index (χ3v) is 3.24. The van der Waals surface area contributed by atoms with Crippen molar-refractivity contribution in [3.05, 3.63) is 13.8 Å². The zero-order chi connectivity index (χ0) is 10.2. The molecule has 1 atom stereocenters. The standard InChI is InChI=1S/C13H26/c1-5-8-9-10-11-12-13(4,6-2)7-3/h1-2,5-12H2,3-4H3. The molecule has 1 unspecified atom stereocenters. The van der Waals surface area contributed by atoms with Crippen molar-refractivity contribution in [1.82, 2.24) is 0 Å². The fourth-order valence-electron chi connectivity index (χ4n) is 1.56. The van der Waals surface area contributed by atoms with Crippen LogP contribution in [0.3, 0.4) is 0 Å². The molecule has 2 radical (unpaired) electrons. The molecule has 0 heteroatoms. The number of unbranched alkanes of at least 4 members (excludes halogenated alkanes) is 4. The molecular formula is C13H26. The third kappa shape index (κ3) is 6.12. The predicted molar refractivity (Wildman–Crippen MR) is 61.4 cm³/mol. The van der Waals surface area contributed by atoms with Crippen molar-refractivity contribution < 1.29 is 0 Å². The highest BCUT2D eigenvalue weighted by Gasteiger charge is 2.18. The second-order valence-corrected chi connectivity index (χ2v) is 4.43. The molecule has 0 nitrogen and oxygen atoms in total. The van der Waals surface area contributed by atoms with Crippen LogP contribution in [0.5, 0.6) is 0 Å². The number of hydrogen-bond acceptors (Lipinski definition) is 0. The van der Waals surface area contributed by atoms with Crippen molar-refractivity contribution in [3.8, 4) is 0 Å². The first kappa shape index (κ1) is 13.0. The molecule has 13 heavy (non-hydrogen) atoms. The zero-order valence-electron chi connectivity index (χ0n) is 9.57. The molecule has 0 amide bonds. The highest BCUT2D eigenvalue weighted by Crippen LogP contribution is 2.31. The molecule has 0 rings (SSSR count). The summed E-state index contributed by atoms with van der Waals surface area (Å²) in [5.41, 5.74) is 0.504. The number of rotatable bonds is 8. The van der Waals surface area contributed by atoms with Crippen LogP contribution < -0.4 is 0 Å². The van der Waals surface area contributed by atoms with Gasteiger partial charge in [0.05, 0.1) is 0 Å². The van der Waals surface area contributed by atoms with E-state index in [0.717, 1.165) is 12.8 Å². The van der Waals surface area contributed by atoms with Gasteiger partial charge in [0.25, 0.3) is 0 Å². The topological polar surface area (TPSA) is 0 Å². The summed E-state index contributed by atoms with van der Waals surface area (Å²) in [6, 6.07) is 0. The van der Waals surface area contributed by atoms with Gasteiger partial charge in [0, 0.05) is 0 Å². The third-order valence-electron chi connectivity index (χ3n) is 3.24. The SMILES string of the molecule is [CH2]CCCCCCC(C)(C[CH2])CC. The molecule has 0 saturated heterocycles. The van der Waals surface area contributed by atoms with Crippen LogP contribution in [0.2, 0.25) is 0 Å². The van der Waals surface area contributed by atoms with E-state index < -0.39 is 0 Å². The van der Waals surface area contributed by atoms with Crippen LogP contribution in [-0.4, -0.2) is 0 Å². The second-order valence-electron chi connectivity index (χ2n) is 4.43. The van der Waals surface area contributed by atoms with E-state index in [1.54, 1.807) is 0 Å². The molecular weight excluding hydrogens is 156 g/mol. The quantitative estimate of drug-likeness (QED) is 0.473. The monoisotopic (exact) mass is 182 g/mol. The van der Waals surface area contributed by atoms with E-state index in [-0.39, 0.29) is 0 Å². The van der Waals surface area contributed by atoms with Crippen LogP contribution >= 0.6 is 0 Å². The van der Waals surface area contributed by atoms with Gasteiger partial charge in [-0.25, -0.2) is 0 Å². The van der Waals surface area contributed by atoms with Crippen LogP contribution in [-0.2, 0) is 0 Å². The molecule has 0 aliphatic rings. The summed E-state index contributed by atoms with van der Waals surface area (Å²) in [6.45, 7) is 12.5. The van der Waals surface area contributed by atoms with Gasteiger partial charge in [-0.3, -0.25) is 0 Å². The fraction of sp³-hybridized carbons (Fsp3) is 0.846. The van der Waals surface area contributed by atoms with Gasteiger partial charge in [0.2, 0.25) is 0 Å². The summed E-state index contributed by atoms with van der Waals surface area (Å²) in [7, 11) is 0. The van der Waals surface area contributed by atoms with E-state index >= 15 is 0 Å². The molecule has 0 N–H and O–H groups in total. The van der Waals surface area contributed by atoms with E-state index in [4.69, 9.17) is 0 Å². The summed E-state index contributed by atoms with van der Waals surface area (Å²) in [6.07, 6.45) is 10.2. The van der Waals surface area contributed by atoms with Crippen molar-refractivity contribution in [3.63, 3.8) is 0 Å². The Kier molecular flexibility index (Phi) is 7.41. The van der Waals surface area contributed by atoms with Gasteiger partial charge in [-0.1, -0.05) is 66.2 Å². The van der Waals surface area contributed by atoms with E-state index in [2.05, 4.69) is 27.7 Å². The van der Waals surface area contributed by atoms with Crippen LogP contribution in [0, 0.1) is 19.3 Å². The molecule has 0 bridgehead atoms. The first-order valence-corrected chi connectivity index (χ1v) is 5.77. The highest BCUT2D eigenvalue weighted by molar-refractivity contribution is 4.73. The summed E-state index contributed by atoms with van der Waals surface area (Å²) in [4.78, 5) is 0. The van der Waals surface area contributed by atoms with Crippen molar-refractivity contribution in [2.75, 3.05) is 0 Å². The summed E-state index contributed by atoms with van der Waals surface area (Å²) in [5.74, 6) is 0.